The number of carbonyl (C=O) groups excluding carboxylic acids is 1. The van der Waals surface area contributed by atoms with E-state index in [0.29, 0.717) is 18.7 Å². The van der Waals surface area contributed by atoms with Crippen LogP contribution in [0, 0.1) is 12.7 Å². The number of hydrogen-bond donors (Lipinski definition) is 1. The Bertz CT molecular complexity index is 1280. The van der Waals surface area contributed by atoms with Gasteiger partial charge in [-0.2, -0.15) is 10.2 Å². The Kier molecular flexibility index (Phi) is 5.70. The van der Waals surface area contributed by atoms with Crippen molar-refractivity contribution in [2.45, 2.75) is 13.3 Å². The van der Waals surface area contributed by atoms with Gasteiger partial charge in [0.25, 0.3) is 5.91 Å². The summed E-state index contributed by atoms with van der Waals surface area (Å²) in [5, 5.41) is 11.1. The Morgan fingerprint density at radius 3 is 2.61 bits per heavy atom. The first-order valence-electron chi connectivity index (χ1n) is 9.76. The first-order chi connectivity index (χ1) is 15.0. The van der Waals surface area contributed by atoms with Gasteiger partial charge in [0.05, 0.1) is 11.9 Å². The molecule has 0 unspecified atom stereocenters. The van der Waals surface area contributed by atoms with Gasteiger partial charge in [0.15, 0.2) is 5.69 Å². The van der Waals surface area contributed by atoms with Crippen LogP contribution in [0.15, 0.2) is 77.9 Å². The van der Waals surface area contributed by atoms with Crippen molar-refractivity contribution in [2.75, 3.05) is 6.54 Å². The number of nitrogens with zero attached hydrogens (tertiary/aromatic N) is 4. The van der Waals surface area contributed by atoms with Crippen LogP contribution < -0.4 is 10.7 Å². The summed E-state index contributed by atoms with van der Waals surface area (Å²) >= 11 is 0. The van der Waals surface area contributed by atoms with E-state index in [1.807, 2.05) is 36.5 Å². The summed E-state index contributed by atoms with van der Waals surface area (Å²) in [6, 6.07) is 17.0. The molecule has 0 aliphatic carbocycles. The molecule has 7 nitrogen and oxygen atoms in total. The van der Waals surface area contributed by atoms with Gasteiger partial charge in [0, 0.05) is 24.5 Å². The van der Waals surface area contributed by atoms with Crippen LogP contribution in [0.2, 0.25) is 0 Å². The second-order valence-electron chi connectivity index (χ2n) is 7.00. The number of aryl methyl sites for hydroxylation is 1. The SMILES string of the molecule is Cc1cc(=O)c(C(=O)NCCc2cnn(-c3ccccc3)c2)nn1-c1ccccc1F. The molecule has 1 amide bonds. The summed E-state index contributed by atoms with van der Waals surface area (Å²) in [6.45, 7) is 1.93. The van der Waals surface area contributed by atoms with Gasteiger partial charge in [-0.3, -0.25) is 9.59 Å². The molecule has 0 saturated heterocycles. The average molecular weight is 417 g/mol. The number of para-hydroxylation sites is 2. The summed E-state index contributed by atoms with van der Waals surface area (Å²) in [4.78, 5) is 24.9. The number of hydrogen-bond acceptors (Lipinski definition) is 4. The smallest absolute Gasteiger partial charge is 0.275 e. The number of nitrogens with one attached hydrogen (secondary N) is 1. The summed E-state index contributed by atoms with van der Waals surface area (Å²) in [5.41, 5.74) is 1.68. The van der Waals surface area contributed by atoms with Crippen LogP contribution in [0.5, 0.6) is 0 Å². The molecule has 0 radical (unpaired) electrons. The molecule has 0 aliphatic rings. The Morgan fingerprint density at radius 1 is 1.10 bits per heavy atom. The number of rotatable bonds is 6. The molecule has 0 atom stereocenters. The first kappa shape index (κ1) is 20.2. The lowest BCUT2D eigenvalue weighted by Gasteiger charge is -2.12. The molecule has 0 aliphatic heterocycles. The van der Waals surface area contributed by atoms with Crippen molar-refractivity contribution in [3.63, 3.8) is 0 Å². The van der Waals surface area contributed by atoms with E-state index in [2.05, 4.69) is 15.5 Å². The number of carbonyl (C=O) groups is 1. The highest BCUT2D eigenvalue weighted by Gasteiger charge is 2.16. The van der Waals surface area contributed by atoms with Gasteiger partial charge in [-0.25, -0.2) is 13.8 Å². The van der Waals surface area contributed by atoms with Crippen LogP contribution in [-0.4, -0.2) is 32.0 Å². The molecule has 1 N–H and O–H groups in total. The van der Waals surface area contributed by atoms with Crippen molar-refractivity contribution in [2.24, 2.45) is 0 Å². The zero-order valence-electron chi connectivity index (χ0n) is 16.8. The summed E-state index contributed by atoms with van der Waals surface area (Å²) < 4.78 is 17.2. The lowest BCUT2D eigenvalue weighted by molar-refractivity contribution is 0.0946. The highest BCUT2D eigenvalue weighted by atomic mass is 19.1. The lowest BCUT2D eigenvalue weighted by atomic mass is 10.2. The first-order valence-corrected chi connectivity index (χ1v) is 9.76. The predicted octanol–water partition coefficient (Wildman–Crippen LogP) is 2.84. The van der Waals surface area contributed by atoms with Crippen LogP contribution in [-0.2, 0) is 6.42 Å². The molecule has 0 saturated carbocycles. The van der Waals surface area contributed by atoms with Crippen molar-refractivity contribution in [1.29, 1.82) is 0 Å². The number of aromatic nitrogens is 4. The van der Waals surface area contributed by atoms with E-state index < -0.39 is 17.2 Å². The van der Waals surface area contributed by atoms with Gasteiger partial charge in [0.1, 0.15) is 11.5 Å². The van der Waals surface area contributed by atoms with Crippen molar-refractivity contribution in [3.8, 4) is 11.4 Å². The van der Waals surface area contributed by atoms with Gasteiger partial charge in [-0.15, -0.1) is 0 Å². The number of halogens is 1. The molecular weight excluding hydrogens is 397 g/mol. The third kappa shape index (κ3) is 4.42. The second kappa shape index (κ2) is 8.74. The monoisotopic (exact) mass is 417 g/mol. The van der Waals surface area contributed by atoms with Crippen molar-refractivity contribution in [1.82, 2.24) is 24.9 Å². The third-order valence-electron chi connectivity index (χ3n) is 4.76. The molecule has 4 aromatic rings. The van der Waals surface area contributed by atoms with Gasteiger partial charge < -0.3 is 5.32 Å². The molecule has 4 rings (SSSR count). The summed E-state index contributed by atoms with van der Waals surface area (Å²) in [5.74, 6) is -1.10. The second-order valence-corrected chi connectivity index (χ2v) is 7.00. The van der Waals surface area contributed by atoms with Gasteiger partial charge in [-0.05, 0) is 43.2 Å². The van der Waals surface area contributed by atoms with E-state index in [1.54, 1.807) is 29.9 Å². The van der Waals surface area contributed by atoms with E-state index in [1.165, 1.54) is 22.9 Å². The Morgan fingerprint density at radius 2 is 1.84 bits per heavy atom. The normalized spacial score (nSPS) is 10.8. The lowest BCUT2D eigenvalue weighted by Crippen LogP contribution is -2.33. The Hall–Kier alpha value is -4.07. The van der Waals surface area contributed by atoms with Crippen LogP contribution >= 0.6 is 0 Å². The molecule has 0 spiro atoms. The minimum absolute atomic E-state index is 0.169. The standard InChI is InChI=1S/C23H20FN5O2/c1-16-13-21(30)22(27-29(16)20-10-6-5-9-19(20)24)23(31)25-12-11-17-14-26-28(15-17)18-7-3-2-4-8-18/h2-10,13-15H,11-12H2,1H3,(H,25,31). The fourth-order valence-corrected chi connectivity index (χ4v) is 3.19. The highest BCUT2D eigenvalue weighted by molar-refractivity contribution is 5.92. The van der Waals surface area contributed by atoms with Gasteiger partial charge in [-0.1, -0.05) is 30.3 Å². The van der Waals surface area contributed by atoms with Crippen molar-refractivity contribution < 1.29 is 9.18 Å². The van der Waals surface area contributed by atoms with E-state index in [0.717, 1.165) is 11.3 Å². The molecule has 0 bridgehead atoms. The third-order valence-corrected chi connectivity index (χ3v) is 4.76. The van der Waals surface area contributed by atoms with E-state index >= 15 is 0 Å². The molecule has 2 aromatic carbocycles. The van der Waals surface area contributed by atoms with Crippen LogP contribution in [0.3, 0.4) is 0 Å². The van der Waals surface area contributed by atoms with E-state index in [4.69, 9.17) is 0 Å². The minimum Gasteiger partial charge on any atom is -0.350 e. The molecule has 0 fully saturated rings. The van der Waals surface area contributed by atoms with Gasteiger partial charge in [0.2, 0.25) is 5.43 Å². The van der Waals surface area contributed by atoms with E-state index in [-0.39, 0.29) is 11.4 Å². The maximum absolute atomic E-state index is 14.2. The minimum atomic E-state index is -0.606. The number of benzene rings is 2. The van der Waals surface area contributed by atoms with Crippen LogP contribution in [0.4, 0.5) is 4.39 Å². The molecular formula is C23H20FN5O2. The quantitative estimate of drug-likeness (QED) is 0.523. The molecule has 156 valence electrons. The number of amides is 1. The largest absolute Gasteiger partial charge is 0.350 e. The molecule has 8 heteroatoms. The fraction of sp³-hybridized carbons (Fsp3) is 0.130. The average Bonchev–Trinajstić information content (AvgIpc) is 3.24. The van der Waals surface area contributed by atoms with Gasteiger partial charge >= 0.3 is 0 Å². The zero-order valence-corrected chi connectivity index (χ0v) is 16.8. The molecule has 2 heterocycles. The van der Waals surface area contributed by atoms with Crippen molar-refractivity contribution >= 4 is 5.91 Å². The Labute approximate surface area is 177 Å². The fourth-order valence-electron chi connectivity index (χ4n) is 3.19. The molecule has 31 heavy (non-hydrogen) atoms. The maximum atomic E-state index is 14.2. The zero-order chi connectivity index (χ0) is 21.8. The summed E-state index contributed by atoms with van der Waals surface area (Å²) in [7, 11) is 0. The molecule has 2 aromatic heterocycles. The maximum Gasteiger partial charge on any atom is 0.275 e. The van der Waals surface area contributed by atoms with Crippen LogP contribution in [0.25, 0.3) is 11.4 Å². The Balaban J connectivity index is 1.46. The summed E-state index contributed by atoms with van der Waals surface area (Å²) in [6.07, 6.45) is 4.15. The van der Waals surface area contributed by atoms with E-state index in [9.17, 15) is 14.0 Å². The highest BCUT2D eigenvalue weighted by Crippen LogP contribution is 2.13. The topological polar surface area (TPSA) is 81.8 Å². The predicted molar refractivity (Wildman–Crippen MR) is 114 cm³/mol. The van der Waals surface area contributed by atoms with Crippen LogP contribution in [0.1, 0.15) is 21.7 Å². The van der Waals surface area contributed by atoms with Crippen molar-refractivity contribution in [3.05, 3.63) is 106 Å².